The summed E-state index contributed by atoms with van der Waals surface area (Å²) in [6, 6.07) is 0. The van der Waals surface area contributed by atoms with Crippen molar-refractivity contribution in [1.29, 1.82) is 0 Å². The molecule has 5 heteroatoms. The Morgan fingerprint density at radius 3 is 2.56 bits per heavy atom. The number of nitrogens with zero attached hydrogens (tertiary/aromatic N) is 3. The van der Waals surface area contributed by atoms with Crippen LogP contribution in [0.2, 0.25) is 0 Å². The Hall–Kier alpha value is -0.390. The molecule has 1 aromatic heterocycles. The molecule has 0 spiro atoms. The number of β-amino-alcohol motifs (C(OH)–C–C–N with tert-alkyl or cyclic N) is 1. The third-order valence-corrected chi connectivity index (χ3v) is 4.93. The summed E-state index contributed by atoms with van der Waals surface area (Å²) in [5.74, 6) is 0.315. The molecule has 0 amide bonds. The van der Waals surface area contributed by atoms with E-state index < -0.39 is 5.60 Å². The Morgan fingerprint density at radius 1 is 1.44 bits per heavy atom. The molecule has 102 valence electrons. The lowest BCUT2D eigenvalue weighted by Gasteiger charge is -2.49. The zero-order valence-electron chi connectivity index (χ0n) is 11.6. The highest BCUT2D eigenvalue weighted by molar-refractivity contribution is 9.10. The van der Waals surface area contributed by atoms with Crippen molar-refractivity contribution >= 4 is 15.9 Å². The lowest BCUT2D eigenvalue weighted by Crippen LogP contribution is -2.64. The number of halogens is 1. The highest BCUT2D eigenvalue weighted by atomic mass is 79.9. The highest BCUT2D eigenvalue weighted by Crippen LogP contribution is 2.31. The Morgan fingerprint density at radius 2 is 2.06 bits per heavy atom. The SMILES string of the molecule is CCn1nc(C)c(Br)c1CN1CC(O)(C(C)C)C1. The molecule has 1 aliphatic rings. The van der Waals surface area contributed by atoms with Crippen molar-refractivity contribution in [3.63, 3.8) is 0 Å². The number of rotatable bonds is 4. The van der Waals surface area contributed by atoms with Crippen molar-refractivity contribution in [1.82, 2.24) is 14.7 Å². The van der Waals surface area contributed by atoms with Gasteiger partial charge in [-0.25, -0.2) is 0 Å². The summed E-state index contributed by atoms with van der Waals surface area (Å²) in [5, 5.41) is 14.8. The van der Waals surface area contributed by atoms with Gasteiger partial charge in [0.2, 0.25) is 0 Å². The highest BCUT2D eigenvalue weighted by Gasteiger charge is 2.43. The number of aryl methyl sites for hydroxylation is 2. The van der Waals surface area contributed by atoms with Crippen LogP contribution < -0.4 is 0 Å². The Bertz CT molecular complexity index is 436. The number of likely N-dealkylation sites (tertiary alicyclic amines) is 1. The molecule has 1 fully saturated rings. The van der Waals surface area contributed by atoms with E-state index in [4.69, 9.17) is 0 Å². The predicted octanol–water partition coefficient (Wildman–Crippen LogP) is 2.18. The van der Waals surface area contributed by atoms with Gasteiger partial charge in [0.15, 0.2) is 0 Å². The van der Waals surface area contributed by atoms with Crippen LogP contribution in [0.5, 0.6) is 0 Å². The quantitative estimate of drug-likeness (QED) is 0.926. The lowest BCUT2D eigenvalue weighted by molar-refractivity contribution is -0.131. The van der Waals surface area contributed by atoms with E-state index >= 15 is 0 Å². The fourth-order valence-corrected chi connectivity index (χ4v) is 2.85. The first-order valence-electron chi connectivity index (χ1n) is 6.54. The summed E-state index contributed by atoms with van der Waals surface area (Å²) in [7, 11) is 0. The number of aliphatic hydroxyl groups is 1. The van der Waals surface area contributed by atoms with E-state index in [9.17, 15) is 5.11 Å². The van der Waals surface area contributed by atoms with Gasteiger partial charge in [0, 0.05) is 26.2 Å². The van der Waals surface area contributed by atoms with Crippen LogP contribution in [0.4, 0.5) is 0 Å². The maximum absolute atomic E-state index is 10.3. The van der Waals surface area contributed by atoms with E-state index in [1.54, 1.807) is 0 Å². The molecular formula is C13H22BrN3O. The molecule has 0 radical (unpaired) electrons. The standard InChI is InChI=1S/C13H22BrN3O/c1-5-17-11(12(14)10(4)15-17)6-16-7-13(18,8-16)9(2)3/h9,18H,5-8H2,1-4H3. The summed E-state index contributed by atoms with van der Waals surface area (Å²) in [6.07, 6.45) is 0. The van der Waals surface area contributed by atoms with E-state index in [-0.39, 0.29) is 0 Å². The first kappa shape index (κ1) is 14.0. The van der Waals surface area contributed by atoms with Crippen LogP contribution in [0, 0.1) is 12.8 Å². The second-order valence-electron chi connectivity index (χ2n) is 5.57. The average Bonchev–Trinajstić information content (AvgIpc) is 2.54. The molecule has 18 heavy (non-hydrogen) atoms. The van der Waals surface area contributed by atoms with Gasteiger partial charge in [0.05, 0.1) is 21.5 Å². The molecule has 0 aromatic carbocycles. The van der Waals surface area contributed by atoms with Gasteiger partial charge in [-0.05, 0) is 35.7 Å². The molecule has 1 aromatic rings. The molecule has 0 bridgehead atoms. The predicted molar refractivity (Wildman–Crippen MR) is 75.4 cm³/mol. The summed E-state index contributed by atoms with van der Waals surface area (Å²) < 4.78 is 3.14. The number of hydrogen-bond donors (Lipinski definition) is 1. The van der Waals surface area contributed by atoms with Crippen LogP contribution >= 0.6 is 15.9 Å². The molecule has 1 saturated heterocycles. The van der Waals surface area contributed by atoms with Gasteiger partial charge in [-0.2, -0.15) is 5.10 Å². The summed E-state index contributed by atoms with van der Waals surface area (Å²) in [6.45, 7) is 11.5. The van der Waals surface area contributed by atoms with Crippen molar-refractivity contribution in [2.75, 3.05) is 13.1 Å². The van der Waals surface area contributed by atoms with Gasteiger partial charge >= 0.3 is 0 Å². The third kappa shape index (κ3) is 2.36. The number of hydrogen-bond acceptors (Lipinski definition) is 3. The Balaban J connectivity index is 2.04. The second kappa shape index (κ2) is 4.94. The molecule has 0 atom stereocenters. The van der Waals surface area contributed by atoms with Crippen molar-refractivity contribution in [3.8, 4) is 0 Å². The minimum Gasteiger partial charge on any atom is -0.387 e. The van der Waals surface area contributed by atoms with E-state index in [2.05, 4.69) is 46.7 Å². The molecule has 2 rings (SSSR count). The Kier molecular flexibility index (Phi) is 3.85. The summed E-state index contributed by atoms with van der Waals surface area (Å²) >= 11 is 3.61. The van der Waals surface area contributed by atoms with Gasteiger partial charge in [-0.15, -0.1) is 0 Å². The first-order chi connectivity index (χ1) is 8.37. The summed E-state index contributed by atoms with van der Waals surface area (Å²) in [4.78, 5) is 2.27. The van der Waals surface area contributed by atoms with Gasteiger partial charge < -0.3 is 5.11 Å². The van der Waals surface area contributed by atoms with Crippen LogP contribution in [-0.4, -0.2) is 38.5 Å². The fraction of sp³-hybridized carbons (Fsp3) is 0.769. The second-order valence-corrected chi connectivity index (χ2v) is 6.36. The van der Waals surface area contributed by atoms with Crippen LogP contribution in [-0.2, 0) is 13.1 Å². The van der Waals surface area contributed by atoms with Crippen molar-refractivity contribution in [3.05, 3.63) is 15.9 Å². The molecule has 0 aliphatic carbocycles. The lowest BCUT2D eigenvalue weighted by atomic mass is 9.83. The molecule has 1 aliphatic heterocycles. The number of aromatic nitrogens is 2. The molecule has 0 unspecified atom stereocenters. The maximum atomic E-state index is 10.3. The van der Waals surface area contributed by atoms with E-state index in [1.807, 2.05) is 11.6 Å². The van der Waals surface area contributed by atoms with E-state index in [0.29, 0.717) is 5.92 Å². The molecule has 4 nitrogen and oxygen atoms in total. The monoisotopic (exact) mass is 315 g/mol. The topological polar surface area (TPSA) is 41.3 Å². The minimum atomic E-state index is -0.501. The van der Waals surface area contributed by atoms with Crippen LogP contribution in [0.3, 0.4) is 0 Å². The zero-order valence-corrected chi connectivity index (χ0v) is 13.2. The summed E-state index contributed by atoms with van der Waals surface area (Å²) in [5.41, 5.74) is 1.74. The zero-order chi connectivity index (χ0) is 13.5. The van der Waals surface area contributed by atoms with E-state index in [0.717, 1.165) is 36.3 Å². The van der Waals surface area contributed by atoms with Gasteiger partial charge in [0.1, 0.15) is 0 Å². The fourth-order valence-electron chi connectivity index (χ4n) is 2.44. The van der Waals surface area contributed by atoms with Gasteiger partial charge in [-0.1, -0.05) is 13.8 Å². The maximum Gasteiger partial charge on any atom is 0.0923 e. The molecule has 1 N–H and O–H groups in total. The van der Waals surface area contributed by atoms with Crippen LogP contribution in [0.1, 0.15) is 32.2 Å². The van der Waals surface area contributed by atoms with Crippen molar-refractivity contribution in [2.45, 2.75) is 46.4 Å². The van der Waals surface area contributed by atoms with Gasteiger partial charge in [0.25, 0.3) is 0 Å². The van der Waals surface area contributed by atoms with E-state index in [1.165, 1.54) is 5.69 Å². The average molecular weight is 316 g/mol. The molecular weight excluding hydrogens is 294 g/mol. The first-order valence-corrected chi connectivity index (χ1v) is 7.33. The van der Waals surface area contributed by atoms with Crippen LogP contribution in [0.15, 0.2) is 4.47 Å². The smallest absolute Gasteiger partial charge is 0.0923 e. The molecule has 0 saturated carbocycles. The Labute approximate surface area is 117 Å². The normalized spacial score (nSPS) is 19.3. The van der Waals surface area contributed by atoms with Crippen molar-refractivity contribution < 1.29 is 5.11 Å². The van der Waals surface area contributed by atoms with Crippen LogP contribution in [0.25, 0.3) is 0 Å². The minimum absolute atomic E-state index is 0.315. The van der Waals surface area contributed by atoms with Crippen molar-refractivity contribution in [2.24, 2.45) is 5.92 Å². The third-order valence-electron chi connectivity index (χ3n) is 3.90. The van der Waals surface area contributed by atoms with Gasteiger partial charge in [-0.3, -0.25) is 9.58 Å². The molecule has 2 heterocycles. The largest absolute Gasteiger partial charge is 0.387 e.